The number of nitrogens with one attached hydrogen (secondary N) is 1. The first-order valence-electron chi connectivity index (χ1n) is 13.5. The molecule has 0 saturated heterocycles. The molecule has 3 aromatic carbocycles. The van der Waals surface area contributed by atoms with Crippen LogP contribution in [0, 0.1) is 6.92 Å². The van der Waals surface area contributed by atoms with Crippen molar-refractivity contribution in [2.45, 2.75) is 57.4 Å². The maximum Gasteiger partial charge on any atom is 0.264 e. The second kappa shape index (κ2) is 14.5. The van der Waals surface area contributed by atoms with Gasteiger partial charge >= 0.3 is 0 Å². The number of benzene rings is 3. The third-order valence-corrected chi connectivity index (χ3v) is 8.47. The molecule has 0 fully saturated rings. The van der Waals surface area contributed by atoms with Crippen LogP contribution < -0.4 is 9.62 Å². The largest absolute Gasteiger partial charge is 0.354 e. The van der Waals surface area contributed by atoms with Gasteiger partial charge in [0.25, 0.3) is 10.0 Å². The van der Waals surface area contributed by atoms with Crippen LogP contribution in [0.3, 0.4) is 0 Å². The topological polar surface area (TPSA) is 86.8 Å². The second-order valence-electron chi connectivity index (χ2n) is 9.50. The van der Waals surface area contributed by atoms with E-state index in [1.54, 1.807) is 35.2 Å². The Labute approximate surface area is 232 Å². The summed E-state index contributed by atoms with van der Waals surface area (Å²) in [4.78, 5) is 28.8. The van der Waals surface area contributed by atoms with Crippen molar-refractivity contribution in [1.29, 1.82) is 0 Å². The lowest BCUT2D eigenvalue weighted by atomic mass is 10.1. The number of anilines is 1. The predicted molar refractivity (Wildman–Crippen MR) is 156 cm³/mol. The molecule has 0 spiro atoms. The van der Waals surface area contributed by atoms with Gasteiger partial charge in [0, 0.05) is 13.1 Å². The zero-order valence-corrected chi connectivity index (χ0v) is 23.9. The molecule has 208 valence electrons. The van der Waals surface area contributed by atoms with Gasteiger partial charge in [-0.3, -0.25) is 13.9 Å². The van der Waals surface area contributed by atoms with Gasteiger partial charge in [-0.25, -0.2) is 8.42 Å². The first-order valence-corrected chi connectivity index (χ1v) is 15.0. The summed E-state index contributed by atoms with van der Waals surface area (Å²) in [6.07, 6.45) is 2.74. The summed E-state index contributed by atoms with van der Waals surface area (Å²) in [7, 11) is -4.06. The summed E-state index contributed by atoms with van der Waals surface area (Å²) >= 11 is 0. The Hall–Kier alpha value is -3.65. The van der Waals surface area contributed by atoms with Crippen LogP contribution in [0.2, 0.25) is 0 Å². The van der Waals surface area contributed by atoms with Crippen molar-refractivity contribution < 1.29 is 18.0 Å². The van der Waals surface area contributed by atoms with Crippen molar-refractivity contribution in [3.05, 3.63) is 96.1 Å². The number of carbonyl (C=O) groups is 2. The van der Waals surface area contributed by atoms with E-state index in [0.717, 1.165) is 28.3 Å². The molecule has 0 aromatic heterocycles. The van der Waals surface area contributed by atoms with Crippen molar-refractivity contribution in [2.75, 3.05) is 23.9 Å². The quantitative estimate of drug-likeness (QED) is 0.288. The predicted octanol–water partition coefficient (Wildman–Crippen LogP) is 4.96. The number of unbranched alkanes of at least 4 members (excludes halogenated alkanes) is 1. The summed E-state index contributed by atoms with van der Waals surface area (Å²) in [6.45, 7) is 6.13. The van der Waals surface area contributed by atoms with Crippen molar-refractivity contribution in [1.82, 2.24) is 10.2 Å². The molecule has 0 radical (unpaired) electrons. The van der Waals surface area contributed by atoms with Crippen LogP contribution >= 0.6 is 0 Å². The minimum Gasteiger partial charge on any atom is -0.354 e. The minimum atomic E-state index is -4.06. The number of amides is 2. The highest BCUT2D eigenvalue weighted by atomic mass is 32.2. The van der Waals surface area contributed by atoms with Gasteiger partial charge in [0.2, 0.25) is 11.8 Å². The number of hydrogen-bond donors (Lipinski definition) is 1. The highest BCUT2D eigenvalue weighted by Gasteiger charge is 2.33. The SMILES string of the molecule is CCCCNC(=O)[C@@H](CC)N(CCc1ccccc1)C(=O)CN(c1ccccc1C)S(=O)(=O)c1ccccc1. The molecule has 1 atom stereocenters. The fraction of sp³-hybridized carbons (Fsp3) is 0.355. The average Bonchev–Trinajstić information content (AvgIpc) is 2.95. The molecule has 2 amide bonds. The van der Waals surface area contributed by atoms with Gasteiger partial charge in [-0.2, -0.15) is 0 Å². The van der Waals surface area contributed by atoms with Crippen molar-refractivity contribution in [3.8, 4) is 0 Å². The van der Waals surface area contributed by atoms with Gasteiger partial charge < -0.3 is 10.2 Å². The van der Waals surface area contributed by atoms with E-state index in [1.165, 1.54) is 12.1 Å². The van der Waals surface area contributed by atoms with E-state index in [9.17, 15) is 18.0 Å². The molecule has 0 aliphatic rings. The summed E-state index contributed by atoms with van der Waals surface area (Å²) in [6, 6.07) is 24.2. The summed E-state index contributed by atoms with van der Waals surface area (Å²) in [5.74, 6) is -0.646. The Morgan fingerprint density at radius 3 is 2.10 bits per heavy atom. The van der Waals surface area contributed by atoms with Crippen LogP contribution in [0.5, 0.6) is 0 Å². The smallest absolute Gasteiger partial charge is 0.264 e. The van der Waals surface area contributed by atoms with Gasteiger partial charge in [0.05, 0.1) is 10.6 Å². The van der Waals surface area contributed by atoms with Gasteiger partial charge in [-0.05, 0) is 55.5 Å². The standard InChI is InChI=1S/C31H39N3O4S/c1-4-6-22-32-31(36)28(5-2)33(23-21-26-16-9-7-10-17-26)30(35)24-34(29-20-14-13-15-25(29)3)39(37,38)27-18-11-8-12-19-27/h7-20,28H,4-6,21-24H2,1-3H3,(H,32,36)/t28-/m1/s1. The molecule has 0 bridgehead atoms. The van der Waals surface area contributed by atoms with Gasteiger partial charge in [0.1, 0.15) is 12.6 Å². The molecule has 0 aliphatic heterocycles. The fourth-order valence-corrected chi connectivity index (χ4v) is 5.98. The highest BCUT2D eigenvalue weighted by molar-refractivity contribution is 7.92. The lowest BCUT2D eigenvalue weighted by Gasteiger charge is -2.33. The normalized spacial score (nSPS) is 12.0. The molecule has 0 aliphatic carbocycles. The monoisotopic (exact) mass is 549 g/mol. The number of hydrogen-bond acceptors (Lipinski definition) is 4. The Kier molecular flexibility index (Phi) is 11.1. The zero-order chi connectivity index (χ0) is 28.3. The second-order valence-corrected chi connectivity index (χ2v) is 11.4. The van der Waals surface area contributed by atoms with Crippen molar-refractivity contribution in [2.24, 2.45) is 0 Å². The van der Waals surface area contributed by atoms with E-state index < -0.39 is 28.5 Å². The average molecular weight is 550 g/mol. The van der Waals surface area contributed by atoms with E-state index >= 15 is 0 Å². The van der Waals surface area contributed by atoms with Crippen LogP contribution in [0.4, 0.5) is 5.69 Å². The number of carbonyl (C=O) groups excluding carboxylic acids is 2. The van der Waals surface area contributed by atoms with E-state index in [4.69, 9.17) is 0 Å². The number of sulfonamides is 1. The summed E-state index contributed by atoms with van der Waals surface area (Å²) in [5.41, 5.74) is 2.19. The Morgan fingerprint density at radius 1 is 0.872 bits per heavy atom. The molecule has 0 heterocycles. The minimum absolute atomic E-state index is 0.0984. The summed E-state index contributed by atoms with van der Waals surface area (Å²) in [5, 5.41) is 2.95. The first kappa shape index (κ1) is 29.9. The van der Waals surface area contributed by atoms with Gasteiger partial charge in [0.15, 0.2) is 0 Å². The molecule has 39 heavy (non-hydrogen) atoms. The van der Waals surface area contributed by atoms with Crippen LogP contribution in [0.1, 0.15) is 44.2 Å². The molecule has 0 saturated carbocycles. The molecular formula is C31H39N3O4S. The Bertz CT molecular complexity index is 1310. The zero-order valence-electron chi connectivity index (χ0n) is 23.0. The third kappa shape index (κ3) is 7.93. The number of aryl methyl sites for hydroxylation is 1. The Morgan fingerprint density at radius 2 is 1.49 bits per heavy atom. The van der Waals surface area contributed by atoms with Crippen LogP contribution in [-0.2, 0) is 26.0 Å². The molecule has 3 rings (SSSR count). The lowest BCUT2D eigenvalue weighted by molar-refractivity contribution is -0.139. The van der Waals surface area contributed by atoms with Crippen molar-refractivity contribution in [3.63, 3.8) is 0 Å². The van der Waals surface area contributed by atoms with E-state index in [1.807, 2.05) is 63.2 Å². The van der Waals surface area contributed by atoms with Crippen LogP contribution in [0.25, 0.3) is 0 Å². The van der Waals surface area contributed by atoms with Crippen LogP contribution in [0.15, 0.2) is 89.8 Å². The maximum atomic E-state index is 14.0. The number of para-hydroxylation sites is 1. The molecule has 1 N–H and O–H groups in total. The van der Waals surface area contributed by atoms with Crippen LogP contribution in [-0.4, -0.2) is 50.8 Å². The van der Waals surface area contributed by atoms with E-state index in [2.05, 4.69) is 5.32 Å². The molecule has 0 unspecified atom stereocenters. The van der Waals surface area contributed by atoms with Gasteiger partial charge in [-0.1, -0.05) is 87.0 Å². The number of nitrogens with zero attached hydrogens (tertiary/aromatic N) is 2. The lowest BCUT2D eigenvalue weighted by Crippen LogP contribution is -2.53. The van der Waals surface area contributed by atoms with Crippen molar-refractivity contribution >= 4 is 27.5 Å². The number of rotatable bonds is 14. The molecule has 7 nitrogen and oxygen atoms in total. The molecular weight excluding hydrogens is 510 g/mol. The molecule has 3 aromatic rings. The molecule has 8 heteroatoms. The maximum absolute atomic E-state index is 14.0. The van der Waals surface area contributed by atoms with E-state index in [-0.39, 0.29) is 17.3 Å². The first-order chi connectivity index (χ1) is 18.8. The Balaban J connectivity index is 1.98. The fourth-order valence-electron chi connectivity index (χ4n) is 4.48. The highest BCUT2D eigenvalue weighted by Crippen LogP contribution is 2.27. The summed E-state index contributed by atoms with van der Waals surface area (Å²) < 4.78 is 28.9. The van der Waals surface area contributed by atoms with E-state index in [0.29, 0.717) is 25.1 Å². The third-order valence-electron chi connectivity index (χ3n) is 6.69. The van der Waals surface area contributed by atoms with Gasteiger partial charge in [-0.15, -0.1) is 0 Å².